The van der Waals surface area contributed by atoms with Crippen LogP contribution >= 0.6 is 0 Å². The Morgan fingerprint density at radius 2 is 0.589 bits per heavy atom. The van der Waals surface area contributed by atoms with Gasteiger partial charge in [0.1, 0.15) is 22.3 Å². The lowest BCUT2D eigenvalue weighted by Gasteiger charge is -2.28. The molecule has 0 aliphatic heterocycles. The van der Waals surface area contributed by atoms with E-state index in [0.29, 0.717) is 0 Å². The first-order valence-corrected chi connectivity index (χ1v) is 24.9. The lowest BCUT2D eigenvalue weighted by atomic mass is 9.92. The molecule has 73 heavy (non-hydrogen) atoms. The van der Waals surface area contributed by atoms with Gasteiger partial charge in [-0.2, -0.15) is 0 Å². The standard InChI is InChI=1S/C70H45NO2/c1-3-15-46(16-4-1)52-43-53(47-17-5-2-6-18-47)45-54(44-52)48-29-31-49(32-30-48)57-41-42-66(61-20-8-7-19-60(57)61)71(55-37-33-50(34-38-55)58-23-13-25-64-62-21-9-11-27-67(62)72-69(58)64)56-39-35-51(36-40-56)59-24-14-26-65-63-22-10-12-28-68(63)73-70(59)65/h1-45H. The Bertz CT molecular complexity index is 4120. The highest BCUT2D eigenvalue weighted by molar-refractivity contribution is 6.11. The monoisotopic (exact) mass is 931 g/mol. The number of furan rings is 2. The minimum Gasteiger partial charge on any atom is -0.455 e. The summed E-state index contributed by atoms with van der Waals surface area (Å²) >= 11 is 0. The van der Waals surface area contributed by atoms with Crippen LogP contribution in [-0.4, -0.2) is 0 Å². The molecule has 0 aliphatic carbocycles. The van der Waals surface area contributed by atoms with E-state index in [2.05, 4.69) is 254 Å². The normalized spacial score (nSPS) is 11.6. The molecule has 0 amide bonds. The van der Waals surface area contributed by atoms with E-state index in [1.165, 1.54) is 44.3 Å². The number of hydrogen-bond donors (Lipinski definition) is 0. The molecule has 0 aliphatic rings. The summed E-state index contributed by atoms with van der Waals surface area (Å²) in [5, 5.41) is 6.82. The van der Waals surface area contributed by atoms with Gasteiger partial charge in [0, 0.05) is 49.4 Å². The third-order valence-electron chi connectivity index (χ3n) is 14.5. The molecule has 2 heterocycles. The quantitative estimate of drug-likeness (QED) is 0.144. The fourth-order valence-corrected chi connectivity index (χ4v) is 10.9. The molecular weight excluding hydrogens is 887 g/mol. The second-order valence-electron chi connectivity index (χ2n) is 18.8. The molecule has 14 aromatic rings. The molecule has 0 atom stereocenters. The molecule has 3 heteroatoms. The lowest BCUT2D eigenvalue weighted by Crippen LogP contribution is -2.10. The van der Waals surface area contributed by atoms with Crippen molar-refractivity contribution in [1.82, 2.24) is 0 Å². The van der Waals surface area contributed by atoms with Crippen molar-refractivity contribution in [3.05, 3.63) is 273 Å². The summed E-state index contributed by atoms with van der Waals surface area (Å²) in [7, 11) is 0. The van der Waals surface area contributed by atoms with Crippen LogP contribution < -0.4 is 4.90 Å². The van der Waals surface area contributed by atoms with E-state index in [-0.39, 0.29) is 0 Å². The van der Waals surface area contributed by atoms with E-state index in [1.807, 2.05) is 24.3 Å². The minimum atomic E-state index is 0.894. The highest BCUT2D eigenvalue weighted by Crippen LogP contribution is 2.45. The number of benzene rings is 12. The van der Waals surface area contributed by atoms with E-state index in [1.54, 1.807) is 0 Å². The van der Waals surface area contributed by atoms with Gasteiger partial charge in [0.2, 0.25) is 0 Å². The molecule has 0 bridgehead atoms. The fourth-order valence-electron chi connectivity index (χ4n) is 10.9. The Morgan fingerprint density at radius 3 is 1.08 bits per heavy atom. The van der Waals surface area contributed by atoms with Gasteiger partial charge in [0.15, 0.2) is 0 Å². The second kappa shape index (κ2) is 17.6. The van der Waals surface area contributed by atoms with Gasteiger partial charge >= 0.3 is 0 Å². The highest BCUT2D eigenvalue weighted by atomic mass is 16.3. The topological polar surface area (TPSA) is 29.5 Å². The van der Waals surface area contributed by atoms with E-state index in [0.717, 1.165) is 94.1 Å². The maximum Gasteiger partial charge on any atom is 0.143 e. The predicted molar refractivity (Wildman–Crippen MR) is 306 cm³/mol. The summed E-state index contributed by atoms with van der Waals surface area (Å²) < 4.78 is 13.0. The summed E-state index contributed by atoms with van der Waals surface area (Å²) in [6.07, 6.45) is 0. The number of hydrogen-bond acceptors (Lipinski definition) is 3. The molecule has 3 nitrogen and oxygen atoms in total. The van der Waals surface area contributed by atoms with Gasteiger partial charge in [-0.25, -0.2) is 0 Å². The van der Waals surface area contributed by atoms with Crippen molar-refractivity contribution in [1.29, 1.82) is 0 Å². The molecule has 0 radical (unpaired) electrons. The second-order valence-corrected chi connectivity index (χ2v) is 18.8. The van der Waals surface area contributed by atoms with Gasteiger partial charge in [0.25, 0.3) is 0 Å². The van der Waals surface area contributed by atoms with E-state index in [9.17, 15) is 0 Å². The Morgan fingerprint density at radius 1 is 0.219 bits per heavy atom. The highest BCUT2D eigenvalue weighted by Gasteiger charge is 2.20. The zero-order valence-electron chi connectivity index (χ0n) is 39.7. The smallest absolute Gasteiger partial charge is 0.143 e. The van der Waals surface area contributed by atoms with E-state index in [4.69, 9.17) is 8.83 Å². The van der Waals surface area contributed by atoms with Crippen LogP contribution in [0.1, 0.15) is 0 Å². The Balaban J connectivity index is 0.869. The van der Waals surface area contributed by atoms with Crippen LogP contribution in [0.25, 0.3) is 121 Å². The average Bonchev–Trinajstić information content (AvgIpc) is 4.05. The fraction of sp³-hybridized carbons (Fsp3) is 0. The third kappa shape index (κ3) is 7.46. The summed E-state index contributed by atoms with van der Waals surface area (Å²) in [6.45, 7) is 0. The van der Waals surface area contributed by atoms with Crippen molar-refractivity contribution < 1.29 is 8.83 Å². The van der Waals surface area contributed by atoms with Crippen molar-refractivity contribution >= 4 is 71.7 Å². The molecule has 2 aromatic heterocycles. The van der Waals surface area contributed by atoms with Crippen LogP contribution in [0.4, 0.5) is 17.1 Å². The molecular formula is C70H45NO2. The molecule has 0 saturated carbocycles. The third-order valence-corrected chi connectivity index (χ3v) is 14.5. The van der Waals surface area contributed by atoms with Crippen molar-refractivity contribution in [2.24, 2.45) is 0 Å². The Labute approximate surface area is 423 Å². The van der Waals surface area contributed by atoms with Crippen molar-refractivity contribution in [3.8, 4) is 66.8 Å². The Hall–Kier alpha value is -9.70. The first-order valence-electron chi connectivity index (χ1n) is 24.9. The summed E-state index contributed by atoms with van der Waals surface area (Å²) in [4.78, 5) is 2.39. The summed E-state index contributed by atoms with van der Waals surface area (Å²) in [6, 6.07) is 97.9. The first kappa shape index (κ1) is 42.2. The molecule has 12 aromatic carbocycles. The predicted octanol–water partition coefficient (Wildman–Crippen LogP) is 20.1. The molecule has 0 fully saturated rings. The average molecular weight is 932 g/mol. The largest absolute Gasteiger partial charge is 0.455 e. The molecule has 0 saturated heterocycles. The maximum atomic E-state index is 6.50. The molecule has 0 unspecified atom stereocenters. The lowest BCUT2D eigenvalue weighted by molar-refractivity contribution is 0.669. The van der Waals surface area contributed by atoms with E-state index < -0.39 is 0 Å². The number of anilines is 3. The van der Waals surface area contributed by atoms with Gasteiger partial charge in [-0.3, -0.25) is 0 Å². The SMILES string of the molecule is c1ccc(-c2cc(-c3ccccc3)cc(-c3ccc(-c4ccc(N(c5ccc(-c6cccc7c6oc6ccccc67)cc5)c5ccc(-c6cccc7c6oc6ccccc67)cc5)c5ccccc45)cc3)c2)cc1. The summed E-state index contributed by atoms with van der Waals surface area (Å²) in [5.74, 6) is 0. The number of para-hydroxylation sites is 4. The first-order chi connectivity index (χ1) is 36.2. The van der Waals surface area contributed by atoms with Gasteiger partial charge in [-0.1, -0.05) is 212 Å². The van der Waals surface area contributed by atoms with Gasteiger partial charge < -0.3 is 13.7 Å². The van der Waals surface area contributed by atoms with E-state index >= 15 is 0 Å². The number of fused-ring (bicyclic) bond motifs is 7. The van der Waals surface area contributed by atoms with Crippen LogP contribution in [-0.2, 0) is 0 Å². The zero-order chi connectivity index (χ0) is 48.2. The van der Waals surface area contributed by atoms with Crippen LogP contribution in [0.3, 0.4) is 0 Å². The molecule has 14 rings (SSSR count). The molecule has 0 N–H and O–H groups in total. The Kier molecular flexibility index (Phi) is 10.2. The van der Waals surface area contributed by atoms with Crippen LogP contribution in [0, 0.1) is 0 Å². The minimum absolute atomic E-state index is 0.894. The van der Waals surface area contributed by atoms with Crippen molar-refractivity contribution in [2.45, 2.75) is 0 Å². The van der Waals surface area contributed by atoms with Crippen LogP contribution in [0.2, 0.25) is 0 Å². The molecule has 342 valence electrons. The maximum absolute atomic E-state index is 6.50. The van der Waals surface area contributed by atoms with Crippen molar-refractivity contribution in [2.75, 3.05) is 4.90 Å². The molecule has 0 spiro atoms. The van der Waals surface area contributed by atoms with Crippen molar-refractivity contribution in [3.63, 3.8) is 0 Å². The number of nitrogens with zero attached hydrogens (tertiary/aromatic N) is 1. The van der Waals surface area contributed by atoms with Gasteiger partial charge in [-0.15, -0.1) is 0 Å². The van der Waals surface area contributed by atoms with Gasteiger partial charge in [0.05, 0.1) is 5.69 Å². The van der Waals surface area contributed by atoms with Crippen LogP contribution in [0.5, 0.6) is 0 Å². The number of rotatable bonds is 9. The van der Waals surface area contributed by atoms with Gasteiger partial charge in [-0.05, 0) is 122 Å². The summed E-state index contributed by atoms with van der Waals surface area (Å²) in [5.41, 5.74) is 20.6. The van der Waals surface area contributed by atoms with Crippen LogP contribution in [0.15, 0.2) is 282 Å². The zero-order valence-corrected chi connectivity index (χ0v) is 39.7.